The van der Waals surface area contributed by atoms with E-state index in [1.54, 1.807) is 38.1 Å². The van der Waals surface area contributed by atoms with Crippen LogP contribution in [0.5, 0.6) is 0 Å². The largest absolute Gasteiger partial charge is 0.387 e. The number of benzene rings is 1. The molecular formula is C23H31N4O10P. The quantitative estimate of drug-likeness (QED) is 0.268. The third-order valence-electron chi connectivity index (χ3n) is 5.68. The molecule has 0 spiro atoms. The summed E-state index contributed by atoms with van der Waals surface area (Å²) in [5.74, 6) is -1.47. The molecule has 0 aliphatic carbocycles. The van der Waals surface area contributed by atoms with E-state index in [0.29, 0.717) is 11.3 Å². The number of carbonyl (C=O) groups is 2. The first-order valence-corrected chi connectivity index (χ1v) is 13.6. The van der Waals surface area contributed by atoms with Gasteiger partial charge in [-0.3, -0.25) is 28.1 Å². The molecule has 4 N–H and O–H groups in total. The van der Waals surface area contributed by atoms with Gasteiger partial charge in [0.05, 0.1) is 25.9 Å². The Morgan fingerprint density at radius 3 is 2.29 bits per heavy atom. The highest BCUT2D eigenvalue weighted by molar-refractivity contribution is 7.53. The van der Waals surface area contributed by atoms with Crippen molar-refractivity contribution in [2.45, 2.75) is 44.5 Å². The second-order valence-corrected chi connectivity index (χ2v) is 10.5. The molecule has 0 unspecified atom stereocenters. The van der Waals surface area contributed by atoms with Gasteiger partial charge in [-0.2, -0.15) is 0 Å². The maximum Gasteiger partial charge on any atom is 0.335 e. The zero-order chi connectivity index (χ0) is 28.0. The first kappa shape index (κ1) is 29.4. The number of nitrogens with zero attached hydrogens (tertiary/aromatic N) is 2. The Hall–Kier alpha value is -3.13. The van der Waals surface area contributed by atoms with E-state index in [-0.39, 0.29) is 19.4 Å². The Balaban J connectivity index is 1.55. The van der Waals surface area contributed by atoms with Crippen molar-refractivity contribution in [1.29, 1.82) is 0 Å². The summed E-state index contributed by atoms with van der Waals surface area (Å²) in [6.07, 6.45) is -5.17. The van der Waals surface area contributed by atoms with Gasteiger partial charge in [0.2, 0.25) is 5.91 Å². The second-order valence-electron chi connectivity index (χ2n) is 8.40. The lowest BCUT2D eigenvalue weighted by Gasteiger charge is -2.17. The minimum absolute atomic E-state index is 0.0704. The lowest BCUT2D eigenvalue weighted by atomic mass is 10.1. The van der Waals surface area contributed by atoms with Gasteiger partial charge >= 0.3 is 13.3 Å². The van der Waals surface area contributed by atoms with Gasteiger partial charge in [0.25, 0.3) is 11.5 Å². The Bertz CT molecular complexity index is 1300. The average Bonchev–Trinajstić information content (AvgIpc) is 3.17. The molecule has 2 aromatic rings. The van der Waals surface area contributed by atoms with Crippen LogP contribution in [0, 0.1) is 0 Å². The summed E-state index contributed by atoms with van der Waals surface area (Å²) in [5, 5.41) is 25.5. The first-order chi connectivity index (χ1) is 18.0. The summed E-state index contributed by atoms with van der Waals surface area (Å²) in [6, 6.07) is 7.57. The molecular weight excluding hydrogens is 523 g/mol. The summed E-state index contributed by atoms with van der Waals surface area (Å²) >= 11 is 0. The first-order valence-electron chi connectivity index (χ1n) is 11.8. The van der Waals surface area contributed by atoms with Crippen molar-refractivity contribution >= 4 is 25.1 Å². The molecule has 0 saturated carbocycles. The van der Waals surface area contributed by atoms with Gasteiger partial charge in [-0.05, 0) is 31.5 Å². The van der Waals surface area contributed by atoms with E-state index in [1.165, 1.54) is 7.05 Å². The molecule has 1 saturated heterocycles. The number of anilines is 1. The number of aromatic nitrogens is 2. The van der Waals surface area contributed by atoms with Gasteiger partial charge in [-0.25, -0.2) is 4.79 Å². The standard InChI is InChI=1S/C23H31N4O10P/c1-4-35-38(34,36-5-2)13-14-6-8-15(9-7-14)25-16(28)12-24-21(32)20-18(30)19(31)22(37-20)27-11-10-17(29)26(3)23(27)33/h6-11,18-20,22,30-31H,4-5,12-13H2,1-3H3,(H,24,32)(H,25,28)/t18-,19+,20-,22+/m0/s1. The van der Waals surface area contributed by atoms with Crippen molar-refractivity contribution in [2.75, 3.05) is 25.1 Å². The van der Waals surface area contributed by atoms with Crippen molar-refractivity contribution in [1.82, 2.24) is 14.5 Å². The van der Waals surface area contributed by atoms with Crippen molar-refractivity contribution in [3.63, 3.8) is 0 Å². The third kappa shape index (κ3) is 6.84. The molecule has 1 aromatic heterocycles. The molecule has 38 heavy (non-hydrogen) atoms. The average molecular weight is 554 g/mol. The van der Waals surface area contributed by atoms with Crippen LogP contribution in [0.1, 0.15) is 25.6 Å². The van der Waals surface area contributed by atoms with Gasteiger partial charge in [0, 0.05) is 25.0 Å². The fourth-order valence-corrected chi connectivity index (χ4v) is 5.50. The monoisotopic (exact) mass is 554 g/mol. The van der Waals surface area contributed by atoms with Gasteiger partial charge in [-0.1, -0.05) is 12.1 Å². The lowest BCUT2D eigenvalue weighted by Crippen LogP contribution is -2.45. The molecule has 0 bridgehead atoms. The number of aliphatic hydroxyl groups is 2. The number of aliphatic hydroxyl groups excluding tert-OH is 2. The Morgan fingerprint density at radius 1 is 1.05 bits per heavy atom. The highest BCUT2D eigenvalue weighted by Crippen LogP contribution is 2.51. The molecule has 3 rings (SSSR count). The molecule has 0 radical (unpaired) electrons. The van der Waals surface area contributed by atoms with Crippen LogP contribution in [0.25, 0.3) is 0 Å². The Morgan fingerprint density at radius 2 is 1.68 bits per heavy atom. The molecule has 15 heteroatoms. The highest BCUT2D eigenvalue weighted by atomic mass is 31.2. The maximum atomic E-state index is 12.7. The Kier molecular flexibility index (Phi) is 9.77. The van der Waals surface area contributed by atoms with Crippen molar-refractivity contribution in [2.24, 2.45) is 7.05 Å². The van der Waals surface area contributed by atoms with Crippen LogP contribution in [-0.2, 0) is 41.1 Å². The molecule has 2 amide bonds. The second kappa shape index (κ2) is 12.6. The summed E-state index contributed by atoms with van der Waals surface area (Å²) in [6.45, 7) is 3.45. The third-order valence-corrected chi connectivity index (χ3v) is 7.73. The van der Waals surface area contributed by atoms with E-state index in [1.807, 2.05) is 0 Å². The number of hydrogen-bond donors (Lipinski definition) is 4. The van der Waals surface area contributed by atoms with Gasteiger partial charge in [0.1, 0.15) is 12.2 Å². The van der Waals surface area contributed by atoms with E-state index in [0.717, 1.165) is 21.4 Å². The van der Waals surface area contributed by atoms with Crippen molar-refractivity contribution < 1.29 is 38.2 Å². The van der Waals surface area contributed by atoms with Crippen LogP contribution in [0.2, 0.25) is 0 Å². The minimum atomic E-state index is -3.28. The summed E-state index contributed by atoms with van der Waals surface area (Å²) < 4.78 is 30.3. The number of carbonyl (C=O) groups excluding carboxylic acids is 2. The molecule has 1 aliphatic heterocycles. The molecule has 1 aromatic carbocycles. The lowest BCUT2D eigenvalue weighted by molar-refractivity contribution is -0.138. The molecule has 1 aliphatic rings. The molecule has 4 atom stereocenters. The van der Waals surface area contributed by atoms with Crippen molar-refractivity contribution in [3.05, 3.63) is 62.9 Å². The topological polar surface area (TPSA) is 187 Å². The number of ether oxygens (including phenoxy) is 1. The van der Waals surface area contributed by atoms with Gasteiger partial charge in [0.15, 0.2) is 12.3 Å². The summed E-state index contributed by atoms with van der Waals surface area (Å²) in [7, 11) is -2.04. The van der Waals surface area contributed by atoms with Gasteiger partial charge in [-0.15, -0.1) is 0 Å². The predicted octanol–water partition coefficient (Wildman–Crippen LogP) is -0.313. The summed E-state index contributed by atoms with van der Waals surface area (Å²) in [4.78, 5) is 48.8. The zero-order valence-corrected chi connectivity index (χ0v) is 22.0. The molecule has 14 nitrogen and oxygen atoms in total. The van der Waals surface area contributed by atoms with Crippen LogP contribution >= 0.6 is 7.60 Å². The summed E-state index contributed by atoms with van der Waals surface area (Å²) in [5.41, 5.74) is -0.291. The Labute approximate surface area is 217 Å². The number of hydrogen-bond acceptors (Lipinski definition) is 10. The predicted molar refractivity (Wildman–Crippen MR) is 135 cm³/mol. The number of amides is 2. The van der Waals surface area contributed by atoms with E-state index < -0.39 is 61.7 Å². The zero-order valence-electron chi connectivity index (χ0n) is 21.1. The smallest absolute Gasteiger partial charge is 0.335 e. The molecule has 2 heterocycles. The highest BCUT2D eigenvalue weighted by Gasteiger charge is 2.47. The number of nitrogens with one attached hydrogen (secondary N) is 2. The van der Waals surface area contributed by atoms with E-state index in [9.17, 15) is 34.0 Å². The van der Waals surface area contributed by atoms with Crippen LogP contribution in [-0.4, -0.2) is 69.2 Å². The van der Waals surface area contributed by atoms with Crippen LogP contribution in [0.3, 0.4) is 0 Å². The van der Waals surface area contributed by atoms with Crippen LogP contribution < -0.4 is 21.9 Å². The van der Waals surface area contributed by atoms with Crippen LogP contribution in [0.15, 0.2) is 46.1 Å². The fourth-order valence-electron chi connectivity index (χ4n) is 3.80. The SMILES string of the molecule is CCOP(=O)(Cc1ccc(NC(=O)CNC(=O)[C@H]2O[C@@H](n3ccc(=O)n(C)c3=O)[C@H](O)[C@@H]2O)cc1)OCC. The fraction of sp³-hybridized carbons (Fsp3) is 0.478. The molecule has 208 valence electrons. The van der Waals surface area contributed by atoms with E-state index in [4.69, 9.17) is 13.8 Å². The van der Waals surface area contributed by atoms with Crippen LogP contribution in [0.4, 0.5) is 5.69 Å². The maximum absolute atomic E-state index is 12.7. The van der Waals surface area contributed by atoms with Gasteiger partial charge < -0.3 is 34.6 Å². The van der Waals surface area contributed by atoms with E-state index in [2.05, 4.69) is 10.6 Å². The van der Waals surface area contributed by atoms with Crippen molar-refractivity contribution in [3.8, 4) is 0 Å². The minimum Gasteiger partial charge on any atom is -0.387 e. The van der Waals surface area contributed by atoms with E-state index >= 15 is 0 Å². The molecule has 1 fully saturated rings. The normalized spacial score (nSPS) is 21.3. The number of rotatable bonds is 11.